The molecule has 0 bridgehead atoms. The molecule has 112 valence electrons. The summed E-state index contributed by atoms with van der Waals surface area (Å²) in [6.45, 7) is 3.08. The molecular formula is C14H16FN3O3. The second kappa shape index (κ2) is 5.07. The highest BCUT2D eigenvalue weighted by molar-refractivity contribution is 5.95. The largest absolute Gasteiger partial charge is 0.338 e. The highest BCUT2D eigenvalue weighted by Gasteiger charge is 2.42. The van der Waals surface area contributed by atoms with Gasteiger partial charge >= 0.3 is 0 Å². The second-order valence-corrected chi connectivity index (χ2v) is 5.86. The first kappa shape index (κ1) is 13.9. The number of carbonyl (C=O) groups excluding carboxylic acids is 1. The van der Waals surface area contributed by atoms with Crippen LogP contribution in [0, 0.1) is 21.3 Å². The van der Waals surface area contributed by atoms with Crippen LogP contribution in [-0.4, -0.2) is 41.9 Å². The van der Waals surface area contributed by atoms with Gasteiger partial charge in [-0.25, -0.2) is 4.39 Å². The Balaban J connectivity index is 1.81. The van der Waals surface area contributed by atoms with Gasteiger partial charge in [-0.3, -0.25) is 14.9 Å². The molecule has 1 aromatic rings. The first-order chi connectivity index (χ1) is 9.99. The first-order valence-electron chi connectivity index (χ1n) is 6.94. The topological polar surface area (TPSA) is 75.5 Å². The molecule has 6 nitrogen and oxygen atoms in total. The Kier molecular flexibility index (Phi) is 3.36. The average Bonchev–Trinajstić information content (AvgIpc) is 3.08. The number of nitrogens with zero attached hydrogens (tertiary/aromatic N) is 2. The molecule has 2 aliphatic heterocycles. The number of non-ortho nitro benzene ring substituents is 1. The molecule has 1 unspecified atom stereocenters. The van der Waals surface area contributed by atoms with Gasteiger partial charge in [-0.05, 0) is 25.5 Å². The molecule has 21 heavy (non-hydrogen) atoms. The van der Waals surface area contributed by atoms with Crippen LogP contribution in [0.1, 0.15) is 23.2 Å². The van der Waals surface area contributed by atoms with E-state index in [1.54, 1.807) is 4.90 Å². The van der Waals surface area contributed by atoms with Gasteiger partial charge in [0.05, 0.1) is 11.0 Å². The molecule has 0 aliphatic carbocycles. The van der Waals surface area contributed by atoms with E-state index in [1.165, 1.54) is 0 Å². The Hall–Kier alpha value is -2.02. The summed E-state index contributed by atoms with van der Waals surface area (Å²) in [7, 11) is 0. The van der Waals surface area contributed by atoms with Crippen molar-refractivity contribution < 1.29 is 14.1 Å². The summed E-state index contributed by atoms with van der Waals surface area (Å²) >= 11 is 0. The monoisotopic (exact) mass is 293 g/mol. The number of likely N-dealkylation sites (tertiary alicyclic amines) is 1. The molecular weight excluding hydrogens is 277 g/mol. The second-order valence-electron chi connectivity index (χ2n) is 5.86. The van der Waals surface area contributed by atoms with Crippen molar-refractivity contribution in [2.45, 2.75) is 12.8 Å². The summed E-state index contributed by atoms with van der Waals surface area (Å²) in [6, 6.07) is 3.03. The van der Waals surface area contributed by atoms with Gasteiger partial charge in [-0.1, -0.05) is 0 Å². The van der Waals surface area contributed by atoms with E-state index in [2.05, 4.69) is 5.32 Å². The summed E-state index contributed by atoms with van der Waals surface area (Å²) < 4.78 is 13.4. The maximum absolute atomic E-state index is 13.4. The van der Waals surface area contributed by atoms with Crippen molar-refractivity contribution in [3.05, 3.63) is 39.7 Å². The smallest absolute Gasteiger partial charge is 0.273 e. The third kappa shape index (κ3) is 2.61. The van der Waals surface area contributed by atoms with E-state index in [0.717, 1.165) is 44.1 Å². The van der Waals surface area contributed by atoms with E-state index in [1.807, 2.05) is 0 Å². The number of amides is 1. The number of benzene rings is 1. The predicted octanol–water partition coefficient (Wildman–Crippen LogP) is 1.56. The van der Waals surface area contributed by atoms with Crippen LogP contribution in [0.25, 0.3) is 0 Å². The lowest BCUT2D eigenvalue weighted by molar-refractivity contribution is -0.385. The van der Waals surface area contributed by atoms with Gasteiger partial charge in [0.1, 0.15) is 5.82 Å². The predicted molar refractivity (Wildman–Crippen MR) is 73.5 cm³/mol. The van der Waals surface area contributed by atoms with Crippen molar-refractivity contribution in [2.75, 3.05) is 26.2 Å². The maximum Gasteiger partial charge on any atom is 0.273 e. The minimum Gasteiger partial charge on any atom is -0.338 e. The van der Waals surface area contributed by atoms with Crippen LogP contribution < -0.4 is 5.32 Å². The van der Waals surface area contributed by atoms with E-state index < -0.39 is 16.4 Å². The van der Waals surface area contributed by atoms with Crippen molar-refractivity contribution in [3.8, 4) is 0 Å². The molecule has 1 spiro atoms. The molecule has 1 aromatic carbocycles. The SMILES string of the molecule is O=C(c1cc(F)cc([N+](=O)[O-])c1)N1CCC2(CCNC2)C1. The molecule has 2 heterocycles. The van der Waals surface area contributed by atoms with Gasteiger partial charge in [-0.15, -0.1) is 0 Å². The van der Waals surface area contributed by atoms with Crippen LogP contribution in [0.3, 0.4) is 0 Å². The van der Waals surface area contributed by atoms with Crippen LogP contribution >= 0.6 is 0 Å². The zero-order chi connectivity index (χ0) is 15.0. The number of hydrogen-bond donors (Lipinski definition) is 1. The zero-order valence-electron chi connectivity index (χ0n) is 11.5. The van der Waals surface area contributed by atoms with Crippen molar-refractivity contribution in [1.29, 1.82) is 0 Å². The Morgan fingerprint density at radius 3 is 2.86 bits per heavy atom. The number of rotatable bonds is 2. The molecule has 7 heteroatoms. The van der Waals surface area contributed by atoms with Crippen LogP contribution in [0.5, 0.6) is 0 Å². The average molecular weight is 293 g/mol. The van der Waals surface area contributed by atoms with Crippen LogP contribution in [-0.2, 0) is 0 Å². The van der Waals surface area contributed by atoms with E-state index in [9.17, 15) is 19.3 Å². The fourth-order valence-corrected chi connectivity index (χ4v) is 3.24. The van der Waals surface area contributed by atoms with Crippen molar-refractivity contribution in [3.63, 3.8) is 0 Å². The quantitative estimate of drug-likeness (QED) is 0.663. The van der Waals surface area contributed by atoms with E-state index in [-0.39, 0.29) is 16.9 Å². The van der Waals surface area contributed by atoms with Gasteiger partial charge in [-0.2, -0.15) is 0 Å². The number of nitro benzene ring substituents is 1. The molecule has 1 amide bonds. The Morgan fingerprint density at radius 1 is 1.38 bits per heavy atom. The molecule has 2 saturated heterocycles. The van der Waals surface area contributed by atoms with E-state index in [4.69, 9.17) is 0 Å². The third-order valence-corrected chi connectivity index (χ3v) is 4.40. The van der Waals surface area contributed by atoms with E-state index in [0.29, 0.717) is 13.1 Å². The molecule has 2 fully saturated rings. The van der Waals surface area contributed by atoms with Crippen LogP contribution in [0.4, 0.5) is 10.1 Å². The highest BCUT2D eigenvalue weighted by atomic mass is 19.1. The lowest BCUT2D eigenvalue weighted by Gasteiger charge is -2.22. The first-order valence-corrected chi connectivity index (χ1v) is 6.94. The lowest BCUT2D eigenvalue weighted by Crippen LogP contribution is -2.33. The fraction of sp³-hybridized carbons (Fsp3) is 0.500. The highest BCUT2D eigenvalue weighted by Crippen LogP contribution is 2.36. The number of nitro groups is 1. The van der Waals surface area contributed by atoms with Crippen LogP contribution in [0.15, 0.2) is 18.2 Å². The number of nitrogens with one attached hydrogen (secondary N) is 1. The number of carbonyl (C=O) groups is 1. The van der Waals surface area contributed by atoms with Gasteiger partial charge < -0.3 is 10.2 Å². The summed E-state index contributed by atoms with van der Waals surface area (Å²) in [6.07, 6.45) is 1.95. The molecule has 2 aliphatic rings. The minimum absolute atomic E-state index is 0.0460. The number of halogens is 1. The Morgan fingerprint density at radius 2 is 2.19 bits per heavy atom. The Labute approximate surface area is 121 Å². The maximum atomic E-state index is 13.4. The summed E-state index contributed by atoms with van der Waals surface area (Å²) in [5.74, 6) is -1.09. The van der Waals surface area contributed by atoms with Gasteiger partial charge in [0.25, 0.3) is 11.6 Å². The number of hydrogen-bond acceptors (Lipinski definition) is 4. The summed E-state index contributed by atoms with van der Waals surface area (Å²) in [5.41, 5.74) is -0.228. The van der Waals surface area contributed by atoms with Gasteiger partial charge in [0.2, 0.25) is 0 Å². The standard InChI is InChI=1S/C14H16FN3O3/c15-11-5-10(6-12(7-11)18(20)21)13(19)17-4-2-14(9-17)1-3-16-8-14/h5-7,16H,1-4,8-9H2. The van der Waals surface area contributed by atoms with E-state index >= 15 is 0 Å². The summed E-state index contributed by atoms with van der Waals surface area (Å²) in [5, 5.41) is 14.1. The molecule has 1 N–H and O–H groups in total. The van der Waals surface area contributed by atoms with Crippen molar-refractivity contribution in [1.82, 2.24) is 10.2 Å². The van der Waals surface area contributed by atoms with Crippen molar-refractivity contribution in [2.24, 2.45) is 5.41 Å². The summed E-state index contributed by atoms with van der Waals surface area (Å²) in [4.78, 5) is 24.2. The van der Waals surface area contributed by atoms with Crippen LogP contribution in [0.2, 0.25) is 0 Å². The van der Waals surface area contributed by atoms with Gasteiger partial charge in [0.15, 0.2) is 0 Å². The Bertz CT molecular complexity index is 599. The molecule has 0 saturated carbocycles. The molecule has 0 radical (unpaired) electrons. The molecule has 0 aromatic heterocycles. The molecule has 1 atom stereocenters. The minimum atomic E-state index is -0.760. The molecule has 3 rings (SSSR count). The fourth-order valence-electron chi connectivity index (χ4n) is 3.24. The zero-order valence-corrected chi connectivity index (χ0v) is 11.5. The lowest BCUT2D eigenvalue weighted by atomic mass is 9.86. The normalized spacial score (nSPS) is 24.7. The van der Waals surface area contributed by atoms with Crippen molar-refractivity contribution >= 4 is 11.6 Å². The van der Waals surface area contributed by atoms with Gasteiger partial charge in [0, 0.05) is 36.7 Å². The third-order valence-electron chi connectivity index (χ3n) is 4.40.